The minimum Gasteiger partial charge on any atom is -0.467 e. The van der Waals surface area contributed by atoms with Gasteiger partial charge in [-0.25, -0.2) is 9.59 Å². The van der Waals surface area contributed by atoms with Crippen molar-refractivity contribution in [1.82, 2.24) is 5.32 Å². The molecule has 2 aliphatic rings. The number of ether oxygens (including phenoxy) is 2. The normalized spacial score (nSPS) is 12.7. The first-order valence-electron chi connectivity index (χ1n) is 10.2. The summed E-state index contributed by atoms with van der Waals surface area (Å²) < 4.78 is 10.2. The average molecular weight is 432 g/mol. The van der Waals surface area contributed by atoms with Gasteiger partial charge in [0.25, 0.3) is 0 Å². The number of alkyl carbamates (subject to hydrolysis) is 1. The van der Waals surface area contributed by atoms with Gasteiger partial charge in [-0.15, -0.1) is 11.8 Å². The summed E-state index contributed by atoms with van der Waals surface area (Å²) in [4.78, 5) is 25.5. The SMILES string of the molecule is COC(=O)[C@@H](CSc1cc(C)c2cc(C(C)C)ccc(C)c1-2)NC(=O)OC(C)(C)C. The zero-order valence-electron chi connectivity index (χ0n) is 19.2. The highest BCUT2D eigenvalue weighted by molar-refractivity contribution is 7.99. The lowest BCUT2D eigenvalue weighted by Gasteiger charge is -2.22. The van der Waals surface area contributed by atoms with Crippen molar-refractivity contribution in [1.29, 1.82) is 0 Å². The Bertz CT molecular complexity index is 886. The van der Waals surface area contributed by atoms with Gasteiger partial charge in [-0.1, -0.05) is 32.0 Å². The van der Waals surface area contributed by atoms with Crippen LogP contribution in [0.2, 0.25) is 0 Å². The lowest BCUT2D eigenvalue weighted by Crippen LogP contribution is -2.45. The maximum Gasteiger partial charge on any atom is 0.408 e. The topological polar surface area (TPSA) is 64.6 Å². The Morgan fingerprint density at radius 3 is 2.33 bits per heavy atom. The Kier molecular flexibility index (Phi) is 7.81. The van der Waals surface area contributed by atoms with E-state index < -0.39 is 23.7 Å². The van der Waals surface area contributed by atoms with Crippen molar-refractivity contribution in [3.05, 3.63) is 41.0 Å². The number of hydrogen-bond acceptors (Lipinski definition) is 5. The van der Waals surface area contributed by atoms with Crippen LogP contribution in [-0.2, 0) is 14.3 Å². The molecule has 30 heavy (non-hydrogen) atoms. The molecule has 164 valence electrons. The van der Waals surface area contributed by atoms with Crippen LogP contribution in [0.15, 0.2) is 29.2 Å². The molecule has 0 radical (unpaired) electrons. The molecule has 1 N–H and O–H groups in total. The van der Waals surface area contributed by atoms with E-state index in [1.165, 1.54) is 46.7 Å². The van der Waals surface area contributed by atoms with Gasteiger partial charge in [-0.05, 0) is 74.4 Å². The summed E-state index contributed by atoms with van der Waals surface area (Å²) >= 11 is 1.54. The van der Waals surface area contributed by atoms with Crippen molar-refractivity contribution in [2.45, 2.75) is 70.9 Å². The maximum absolute atomic E-state index is 12.2. The average Bonchev–Trinajstić information content (AvgIpc) is 2.82. The van der Waals surface area contributed by atoms with Crippen LogP contribution >= 0.6 is 11.8 Å². The quantitative estimate of drug-likeness (QED) is 0.470. The lowest BCUT2D eigenvalue weighted by molar-refractivity contribution is -0.142. The van der Waals surface area contributed by atoms with Crippen LogP contribution in [0.3, 0.4) is 0 Å². The molecule has 0 saturated heterocycles. The highest BCUT2D eigenvalue weighted by Crippen LogP contribution is 2.41. The van der Waals surface area contributed by atoms with Crippen LogP contribution in [0.25, 0.3) is 11.1 Å². The Morgan fingerprint density at radius 1 is 1.10 bits per heavy atom. The molecule has 0 aromatic rings. The number of aryl methyl sites for hydroxylation is 2. The Hall–Kier alpha value is -2.21. The molecule has 0 bridgehead atoms. The second-order valence-corrected chi connectivity index (χ2v) is 9.89. The number of carbonyl (C=O) groups excluding carboxylic acids is 2. The van der Waals surface area contributed by atoms with E-state index in [-0.39, 0.29) is 0 Å². The molecule has 2 rings (SSSR count). The van der Waals surface area contributed by atoms with Crippen molar-refractivity contribution >= 4 is 23.8 Å². The Balaban J connectivity index is 2.26. The number of amides is 1. The summed E-state index contributed by atoms with van der Waals surface area (Å²) in [6, 6.07) is 7.92. The van der Waals surface area contributed by atoms with Crippen molar-refractivity contribution in [3.8, 4) is 11.1 Å². The van der Waals surface area contributed by atoms with E-state index in [4.69, 9.17) is 9.47 Å². The van der Waals surface area contributed by atoms with Gasteiger partial charge in [0.05, 0.1) is 7.11 Å². The van der Waals surface area contributed by atoms with Gasteiger partial charge in [-0.3, -0.25) is 0 Å². The van der Waals surface area contributed by atoms with Gasteiger partial charge in [0, 0.05) is 10.6 Å². The fourth-order valence-corrected chi connectivity index (χ4v) is 4.44. The number of fused-ring (bicyclic) bond motifs is 1. The number of esters is 1. The van der Waals surface area contributed by atoms with Crippen LogP contribution in [-0.4, -0.2) is 36.6 Å². The van der Waals surface area contributed by atoms with Crippen molar-refractivity contribution in [3.63, 3.8) is 0 Å². The smallest absolute Gasteiger partial charge is 0.408 e. The predicted octanol–water partition coefficient (Wildman–Crippen LogP) is 5.69. The highest BCUT2D eigenvalue weighted by atomic mass is 32.2. The highest BCUT2D eigenvalue weighted by Gasteiger charge is 2.26. The molecule has 0 unspecified atom stereocenters. The number of carbonyl (C=O) groups is 2. The number of methoxy groups -OCH3 is 1. The largest absolute Gasteiger partial charge is 0.467 e. The van der Waals surface area contributed by atoms with E-state index in [1.54, 1.807) is 20.8 Å². The molecule has 0 fully saturated rings. The molecule has 5 nitrogen and oxygen atoms in total. The van der Waals surface area contributed by atoms with Gasteiger partial charge in [0.1, 0.15) is 11.6 Å². The molecule has 2 aliphatic carbocycles. The minimum absolute atomic E-state index is 0.347. The molecule has 0 heterocycles. The lowest BCUT2D eigenvalue weighted by atomic mass is 10.0. The first-order valence-corrected chi connectivity index (χ1v) is 11.2. The molecular weight excluding hydrogens is 398 g/mol. The molecule has 0 aliphatic heterocycles. The number of rotatable bonds is 6. The third kappa shape index (κ3) is 6.14. The van der Waals surface area contributed by atoms with Crippen LogP contribution in [0.1, 0.15) is 57.2 Å². The maximum atomic E-state index is 12.2. The fraction of sp³-hybridized carbons (Fsp3) is 0.500. The Labute approximate surface area is 184 Å². The first kappa shape index (κ1) is 24.1. The summed E-state index contributed by atoms with van der Waals surface area (Å²) in [6.07, 6.45) is -0.633. The van der Waals surface area contributed by atoms with Gasteiger partial charge in [0.2, 0.25) is 0 Å². The van der Waals surface area contributed by atoms with Crippen LogP contribution in [0.4, 0.5) is 4.79 Å². The zero-order valence-corrected chi connectivity index (χ0v) is 20.0. The van der Waals surface area contributed by atoms with E-state index >= 15 is 0 Å². The number of nitrogens with one attached hydrogen (secondary N) is 1. The summed E-state index contributed by atoms with van der Waals surface area (Å²) in [5.74, 6) is 0.289. The summed E-state index contributed by atoms with van der Waals surface area (Å²) in [5, 5.41) is 2.64. The Morgan fingerprint density at radius 2 is 1.77 bits per heavy atom. The van der Waals surface area contributed by atoms with Gasteiger partial charge in [0.15, 0.2) is 0 Å². The second-order valence-electron chi connectivity index (χ2n) is 8.83. The third-order valence-electron chi connectivity index (χ3n) is 4.77. The van der Waals surface area contributed by atoms with Crippen LogP contribution < -0.4 is 5.32 Å². The van der Waals surface area contributed by atoms with E-state index in [1.807, 2.05) is 0 Å². The minimum atomic E-state index is -0.802. The molecule has 0 spiro atoms. The van der Waals surface area contributed by atoms with E-state index in [9.17, 15) is 9.59 Å². The van der Waals surface area contributed by atoms with Gasteiger partial charge >= 0.3 is 12.1 Å². The van der Waals surface area contributed by atoms with Crippen molar-refractivity contribution in [2.24, 2.45) is 0 Å². The van der Waals surface area contributed by atoms with Crippen molar-refractivity contribution in [2.75, 3.05) is 12.9 Å². The van der Waals surface area contributed by atoms with Crippen LogP contribution in [0.5, 0.6) is 0 Å². The molecule has 0 aromatic carbocycles. The molecule has 1 amide bonds. The molecule has 0 saturated carbocycles. The molecule has 6 heteroatoms. The number of hydrogen-bond donors (Lipinski definition) is 1. The summed E-state index contributed by atoms with van der Waals surface area (Å²) in [6.45, 7) is 13.9. The standard InChI is InChI=1S/C24H33NO4S/c1-14(2)17-10-9-15(3)21-18(12-17)16(4)11-20(21)30-13-19(22(26)28-8)25-23(27)29-24(5,6)7/h9-12,14,19H,13H2,1-8H3,(H,25,27)/t19-/m1/s1. The van der Waals surface area contributed by atoms with Crippen molar-refractivity contribution < 1.29 is 19.1 Å². The van der Waals surface area contributed by atoms with Gasteiger partial charge < -0.3 is 14.8 Å². The monoisotopic (exact) mass is 431 g/mol. The van der Waals surface area contributed by atoms with Crippen LogP contribution in [0, 0.1) is 13.8 Å². The van der Waals surface area contributed by atoms with Gasteiger partial charge in [-0.2, -0.15) is 0 Å². The van der Waals surface area contributed by atoms with E-state index in [0.717, 1.165) is 4.90 Å². The first-order chi connectivity index (χ1) is 13.9. The summed E-state index contributed by atoms with van der Waals surface area (Å²) in [7, 11) is 1.32. The zero-order chi connectivity index (χ0) is 22.6. The molecule has 1 atom stereocenters. The molecular formula is C24H33NO4S. The van der Waals surface area contributed by atoms with E-state index in [0.29, 0.717) is 11.7 Å². The summed E-state index contributed by atoms with van der Waals surface area (Å²) in [5.41, 5.74) is 5.43. The second kappa shape index (κ2) is 9.73. The fourth-order valence-electron chi connectivity index (χ4n) is 3.20. The number of thioether (sulfide) groups is 1. The van der Waals surface area contributed by atoms with E-state index in [2.05, 4.69) is 57.3 Å². The predicted molar refractivity (Wildman–Crippen MR) is 123 cm³/mol. The molecule has 0 aromatic heterocycles. The third-order valence-corrected chi connectivity index (χ3v) is 5.90.